The quantitative estimate of drug-likeness (QED) is 0.381. The van der Waals surface area contributed by atoms with Gasteiger partial charge in [-0.3, -0.25) is 0 Å². The molecule has 0 atom stereocenters. The van der Waals surface area contributed by atoms with Crippen LogP contribution < -0.4 is 0 Å². The minimum Gasteiger partial charge on any atom is -0.478 e. The molecule has 0 spiro atoms. The van der Waals surface area contributed by atoms with E-state index >= 15 is 0 Å². The van der Waals surface area contributed by atoms with E-state index in [1.807, 2.05) is 18.2 Å². The Labute approximate surface area is 103 Å². The molecular formula is C14H22O3. The molecule has 0 aromatic heterocycles. The molecule has 0 aromatic carbocycles. The first kappa shape index (κ1) is 15.7. The number of unbranched alkanes of at least 4 members (excludes halogenated alkanes) is 1. The fraction of sp³-hybridized carbons (Fsp3) is 0.500. The van der Waals surface area contributed by atoms with Crippen LogP contribution in [0.25, 0.3) is 0 Å². The lowest BCUT2D eigenvalue weighted by atomic mass is 10.2. The lowest BCUT2D eigenvalue weighted by Gasteiger charge is -1.97. The minimum atomic E-state index is -0.869. The van der Waals surface area contributed by atoms with Crippen molar-refractivity contribution in [3.63, 3.8) is 0 Å². The van der Waals surface area contributed by atoms with Gasteiger partial charge in [-0.15, -0.1) is 0 Å². The van der Waals surface area contributed by atoms with Crippen molar-refractivity contribution in [2.45, 2.75) is 33.1 Å². The molecule has 0 radical (unpaired) electrons. The number of allylic oxidation sites excluding steroid dienone is 3. The Morgan fingerprint density at radius 3 is 2.59 bits per heavy atom. The third-order valence-corrected chi connectivity index (χ3v) is 2.10. The summed E-state index contributed by atoms with van der Waals surface area (Å²) in [5.41, 5.74) is 0.367. The van der Waals surface area contributed by atoms with Crippen LogP contribution in [0.5, 0.6) is 0 Å². The summed E-state index contributed by atoms with van der Waals surface area (Å²) in [6.45, 7) is 4.84. The number of ether oxygens (including phenoxy) is 1. The van der Waals surface area contributed by atoms with Crippen LogP contribution in [0.1, 0.15) is 33.1 Å². The standard InChI is InChI=1S/C14H22O3/c1-3-4-5-6-7-8-11-17-12-9-10-13(2)14(15)16/h5-8,10H,3-4,9,11-12H2,1-2H3,(H,15,16). The van der Waals surface area contributed by atoms with Crippen molar-refractivity contribution in [2.75, 3.05) is 13.2 Å². The number of rotatable bonds is 9. The summed E-state index contributed by atoms with van der Waals surface area (Å²) in [4.78, 5) is 10.5. The van der Waals surface area contributed by atoms with E-state index in [0.717, 1.165) is 12.8 Å². The maximum Gasteiger partial charge on any atom is 0.330 e. The van der Waals surface area contributed by atoms with Crippen molar-refractivity contribution in [3.8, 4) is 0 Å². The van der Waals surface area contributed by atoms with E-state index in [1.54, 1.807) is 13.0 Å². The van der Waals surface area contributed by atoms with Crippen LogP contribution >= 0.6 is 0 Å². The van der Waals surface area contributed by atoms with Gasteiger partial charge in [-0.2, -0.15) is 0 Å². The van der Waals surface area contributed by atoms with Crippen molar-refractivity contribution in [1.82, 2.24) is 0 Å². The normalized spacial score (nSPS) is 12.7. The molecule has 3 nitrogen and oxygen atoms in total. The van der Waals surface area contributed by atoms with Crippen molar-refractivity contribution in [3.05, 3.63) is 36.0 Å². The fourth-order valence-corrected chi connectivity index (χ4v) is 1.07. The summed E-state index contributed by atoms with van der Waals surface area (Å²) < 4.78 is 5.31. The van der Waals surface area contributed by atoms with E-state index in [0.29, 0.717) is 25.2 Å². The number of aliphatic carboxylic acids is 1. The summed E-state index contributed by atoms with van der Waals surface area (Å²) in [6, 6.07) is 0. The molecule has 0 saturated carbocycles. The number of carboxylic acid groups (broad SMARTS) is 1. The van der Waals surface area contributed by atoms with Gasteiger partial charge in [0.2, 0.25) is 0 Å². The molecule has 0 rings (SSSR count). The van der Waals surface area contributed by atoms with Crippen molar-refractivity contribution in [2.24, 2.45) is 0 Å². The van der Waals surface area contributed by atoms with Gasteiger partial charge in [0, 0.05) is 5.57 Å². The van der Waals surface area contributed by atoms with Gasteiger partial charge in [0.25, 0.3) is 0 Å². The molecule has 0 saturated heterocycles. The average molecular weight is 238 g/mol. The minimum absolute atomic E-state index is 0.367. The second kappa shape index (κ2) is 11.1. The zero-order valence-corrected chi connectivity index (χ0v) is 10.7. The Kier molecular flexibility index (Phi) is 10.3. The third-order valence-electron chi connectivity index (χ3n) is 2.10. The zero-order valence-electron chi connectivity index (χ0n) is 10.7. The highest BCUT2D eigenvalue weighted by Crippen LogP contribution is 1.95. The summed E-state index contributed by atoms with van der Waals surface area (Å²) >= 11 is 0. The Balaban J connectivity index is 3.47. The van der Waals surface area contributed by atoms with E-state index in [2.05, 4.69) is 13.0 Å². The predicted molar refractivity (Wildman–Crippen MR) is 70.0 cm³/mol. The molecule has 1 N–H and O–H groups in total. The molecule has 0 aliphatic heterocycles. The second-order valence-corrected chi connectivity index (χ2v) is 3.70. The Hall–Kier alpha value is -1.35. The number of hydrogen-bond acceptors (Lipinski definition) is 2. The molecule has 0 aliphatic carbocycles. The van der Waals surface area contributed by atoms with Crippen LogP contribution in [-0.2, 0) is 9.53 Å². The molecule has 0 heterocycles. The summed E-state index contributed by atoms with van der Waals surface area (Å²) in [5, 5.41) is 8.60. The largest absolute Gasteiger partial charge is 0.478 e. The number of carbonyl (C=O) groups is 1. The SMILES string of the molecule is CCCC=CC=CCOCCC=C(C)C(=O)O. The fourth-order valence-electron chi connectivity index (χ4n) is 1.07. The lowest BCUT2D eigenvalue weighted by Crippen LogP contribution is -1.98. The second-order valence-electron chi connectivity index (χ2n) is 3.70. The van der Waals surface area contributed by atoms with Gasteiger partial charge in [-0.1, -0.05) is 43.7 Å². The average Bonchev–Trinajstić information content (AvgIpc) is 2.31. The molecule has 0 amide bonds. The monoisotopic (exact) mass is 238 g/mol. The highest BCUT2D eigenvalue weighted by Gasteiger charge is 1.97. The van der Waals surface area contributed by atoms with Gasteiger partial charge >= 0.3 is 5.97 Å². The third kappa shape index (κ3) is 10.9. The van der Waals surface area contributed by atoms with Crippen LogP contribution in [0, 0.1) is 0 Å². The first-order chi connectivity index (χ1) is 8.18. The molecule has 17 heavy (non-hydrogen) atoms. The van der Waals surface area contributed by atoms with E-state index < -0.39 is 5.97 Å². The van der Waals surface area contributed by atoms with Gasteiger partial charge in [0.15, 0.2) is 0 Å². The van der Waals surface area contributed by atoms with Gasteiger partial charge in [-0.05, 0) is 19.8 Å². The predicted octanol–water partition coefficient (Wildman–Crippen LogP) is 3.34. The highest BCUT2D eigenvalue weighted by molar-refractivity contribution is 5.85. The van der Waals surface area contributed by atoms with Crippen LogP contribution in [0.2, 0.25) is 0 Å². The number of hydrogen-bond donors (Lipinski definition) is 1. The van der Waals surface area contributed by atoms with E-state index in [-0.39, 0.29) is 0 Å². The summed E-state index contributed by atoms with van der Waals surface area (Å²) in [5.74, 6) is -0.869. The maximum absolute atomic E-state index is 10.5. The topological polar surface area (TPSA) is 46.5 Å². The Morgan fingerprint density at radius 2 is 1.94 bits per heavy atom. The van der Waals surface area contributed by atoms with Gasteiger partial charge < -0.3 is 9.84 Å². The number of carboxylic acids is 1. The molecular weight excluding hydrogens is 216 g/mol. The molecule has 0 bridgehead atoms. The zero-order chi connectivity index (χ0) is 12.9. The molecule has 96 valence electrons. The van der Waals surface area contributed by atoms with Crippen LogP contribution in [0.15, 0.2) is 36.0 Å². The summed E-state index contributed by atoms with van der Waals surface area (Å²) in [7, 11) is 0. The maximum atomic E-state index is 10.5. The first-order valence-electron chi connectivity index (χ1n) is 5.98. The van der Waals surface area contributed by atoms with E-state index in [1.165, 1.54) is 0 Å². The summed E-state index contributed by atoms with van der Waals surface area (Å²) in [6.07, 6.45) is 12.6. The van der Waals surface area contributed by atoms with Crippen LogP contribution in [-0.4, -0.2) is 24.3 Å². The molecule has 0 fully saturated rings. The Bertz CT molecular complexity index is 288. The van der Waals surface area contributed by atoms with Gasteiger partial charge in [0.1, 0.15) is 0 Å². The molecule has 0 unspecified atom stereocenters. The van der Waals surface area contributed by atoms with E-state index in [9.17, 15) is 4.79 Å². The van der Waals surface area contributed by atoms with Crippen molar-refractivity contribution >= 4 is 5.97 Å². The van der Waals surface area contributed by atoms with E-state index in [4.69, 9.17) is 9.84 Å². The van der Waals surface area contributed by atoms with Crippen LogP contribution in [0.4, 0.5) is 0 Å². The van der Waals surface area contributed by atoms with Crippen molar-refractivity contribution in [1.29, 1.82) is 0 Å². The van der Waals surface area contributed by atoms with Gasteiger partial charge in [-0.25, -0.2) is 4.79 Å². The lowest BCUT2D eigenvalue weighted by molar-refractivity contribution is -0.132. The van der Waals surface area contributed by atoms with Gasteiger partial charge in [0.05, 0.1) is 13.2 Å². The first-order valence-corrected chi connectivity index (χ1v) is 5.98. The Morgan fingerprint density at radius 1 is 1.24 bits per heavy atom. The molecule has 3 heteroatoms. The van der Waals surface area contributed by atoms with Crippen molar-refractivity contribution < 1.29 is 14.6 Å². The smallest absolute Gasteiger partial charge is 0.330 e. The highest BCUT2D eigenvalue weighted by atomic mass is 16.5. The molecule has 0 aliphatic rings. The molecule has 0 aromatic rings. The van der Waals surface area contributed by atoms with Crippen LogP contribution in [0.3, 0.4) is 0 Å².